The number of fused-ring (bicyclic) bond motifs is 1. The average Bonchev–Trinajstić information content (AvgIpc) is 3.35. The first-order valence-corrected chi connectivity index (χ1v) is 10.5. The van der Waals surface area contributed by atoms with E-state index in [1.165, 1.54) is 0 Å². The van der Waals surface area contributed by atoms with Crippen molar-refractivity contribution in [3.05, 3.63) is 70.8 Å². The zero-order valence-electron chi connectivity index (χ0n) is 18.0. The maximum Gasteiger partial charge on any atom is 0.258 e. The van der Waals surface area contributed by atoms with Crippen LogP contribution < -0.4 is 4.74 Å². The number of carbonyl (C=O) groups excluding carboxylic acids is 1. The lowest BCUT2D eigenvalue weighted by Crippen LogP contribution is -2.44. The lowest BCUT2D eigenvalue weighted by atomic mass is 9.90. The Morgan fingerprint density at radius 2 is 2.12 bits per heavy atom. The van der Waals surface area contributed by atoms with E-state index in [1.807, 2.05) is 29.9 Å². The fourth-order valence-corrected chi connectivity index (χ4v) is 3.95. The van der Waals surface area contributed by atoms with E-state index in [4.69, 9.17) is 9.47 Å². The van der Waals surface area contributed by atoms with Crippen molar-refractivity contribution < 1.29 is 14.3 Å². The first-order chi connectivity index (χ1) is 15.4. The Kier molecular flexibility index (Phi) is 4.91. The molecule has 8 nitrogen and oxygen atoms in total. The highest BCUT2D eigenvalue weighted by Crippen LogP contribution is 2.31. The first-order valence-electron chi connectivity index (χ1n) is 10.5. The molecule has 3 aromatic rings. The van der Waals surface area contributed by atoms with Gasteiger partial charge in [0.25, 0.3) is 5.91 Å². The molecule has 1 amide bonds. The van der Waals surface area contributed by atoms with E-state index in [0.29, 0.717) is 49.8 Å². The van der Waals surface area contributed by atoms with Gasteiger partial charge in [0.15, 0.2) is 0 Å². The van der Waals surface area contributed by atoms with E-state index >= 15 is 0 Å². The summed E-state index contributed by atoms with van der Waals surface area (Å²) in [6.45, 7) is 6.63. The fraction of sp³-hybridized carbons (Fsp3) is 0.333. The van der Waals surface area contributed by atoms with Gasteiger partial charge in [-0.3, -0.25) is 9.78 Å². The van der Waals surface area contributed by atoms with Crippen molar-refractivity contribution in [3.8, 4) is 17.5 Å². The molecule has 4 heterocycles. The number of aromatic nitrogens is 3. The van der Waals surface area contributed by atoms with Crippen LogP contribution in [0.1, 0.15) is 39.8 Å². The summed E-state index contributed by atoms with van der Waals surface area (Å²) in [7, 11) is 0. The summed E-state index contributed by atoms with van der Waals surface area (Å²) in [5.41, 5.74) is 4.51. The molecule has 0 unspecified atom stereocenters. The van der Waals surface area contributed by atoms with Crippen LogP contribution in [0.3, 0.4) is 0 Å². The van der Waals surface area contributed by atoms with E-state index in [2.05, 4.69) is 23.1 Å². The maximum atomic E-state index is 13.4. The van der Waals surface area contributed by atoms with Crippen molar-refractivity contribution in [3.63, 3.8) is 0 Å². The SMILES string of the molecule is Cc1cc(-n2cc3c(n2)CN(C(=O)c2cc(C#N)ccc2OCC2(C)COC2)C3)ccn1. The van der Waals surface area contributed by atoms with Crippen molar-refractivity contribution in [2.45, 2.75) is 26.9 Å². The van der Waals surface area contributed by atoms with Gasteiger partial charge in [0, 0.05) is 35.6 Å². The van der Waals surface area contributed by atoms with E-state index in [0.717, 1.165) is 22.6 Å². The number of amides is 1. The van der Waals surface area contributed by atoms with Gasteiger partial charge >= 0.3 is 0 Å². The highest BCUT2D eigenvalue weighted by Gasteiger charge is 2.35. The van der Waals surface area contributed by atoms with Crippen LogP contribution in [0.15, 0.2) is 42.7 Å². The van der Waals surface area contributed by atoms with Gasteiger partial charge in [-0.15, -0.1) is 0 Å². The Morgan fingerprint density at radius 3 is 2.81 bits per heavy atom. The molecular formula is C24H23N5O3. The number of hydrogen-bond donors (Lipinski definition) is 0. The van der Waals surface area contributed by atoms with Gasteiger partial charge in [-0.05, 0) is 37.3 Å². The maximum absolute atomic E-state index is 13.4. The van der Waals surface area contributed by atoms with E-state index in [1.54, 1.807) is 29.3 Å². The molecular weight excluding hydrogens is 406 g/mol. The molecule has 0 radical (unpaired) electrons. The molecule has 0 atom stereocenters. The summed E-state index contributed by atoms with van der Waals surface area (Å²) >= 11 is 0. The zero-order chi connectivity index (χ0) is 22.3. The molecule has 0 saturated carbocycles. The minimum absolute atomic E-state index is 0.0484. The van der Waals surface area contributed by atoms with Crippen molar-refractivity contribution in [2.24, 2.45) is 5.41 Å². The van der Waals surface area contributed by atoms with Gasteiger partial charge in [0.2, 0.25) is 0 Å². The van der Waals surface area contributed by atoms with E-state index < -0.39 is 0 Å². The first kappa shape index (κ1) is 20.2. The van der Waals surface area contributed by atoms with Crippen molar-refractivity contribution >= 4 is 5.91 Å². The third kappa shape index (κ3) is 3.72. The highest BCUT2D eigenvalue weighted by molar-refractivity contribution is 5.97. The van der Waals surface area contributed by atoms with Gasteiger partial charge < -0.3 is 14.4 Å². The quantitative estimate of drug-likeness (QED) is 0.619. The molecule has 5 rings (SSSR count). The van der Waals surface area contributed by atoms with E-state index in [9.17, 15) is 10.1 Å². The van der Waals surface area contributed by atoms with Crippen LogP contribution in [0.4, 0.5) is 0 Å². The minimum atomic E-state index is -0.170. The predicted octanol–water partition coefficient (Wildman–Crippen LogP) is 3.02. The molecule has 0 N–H and O–H groups in total. The van der Waals surface area contributed by atoms with Gasteiger partial charge in [0.05, 0.1) is 54.9 Å². The van der Waals surface area contributed by atoms with Crippen LogP contribution in [0.5, 0.6) is 5.75 Å². The number of benzene rings is 1. The molecule has 32 heavy (non-hydrogen) atoms. The Morgan fingerprint density at radius 1 is 1.28 bits per heavy atom. The normalized spacial score (nSPS) is 16.2. The molecule has 8 heteroatoms. The number of ether oxygens (including phenoxy) is 2. The van der Waals surface area contributed by atoms with Crippen LogP contribution >= 0.6 is 0 Å². The monoisotopic (exact) mass is 429 g/mol. The molecule has 2 aromatic heterocycles. The number of pyridine rings is 1. The minimum Gasteiger partial charge on any atom is -0.492 e. The lowest BCUT2D eigenvalue weighted by molar-refractivity contribution is -0.120. The highest BCUT2D eigenvalue weighted by atomic mass is 16.5. The molecule has 162 valence electrons. The number of nitriles is 1. The van der Waals surface area contributed by atoms with Crippen molar-refractivity contribution in [2.75, 3.05) is 19.8 Å². The van der Waals surface area contributed by atoms with Crippen LogP contribution in [0.25, 0.3) is 5.69 Å². The molecule has 1 saturated heterocycles. The number of rotatable bonds is 5. The lowest BCUT2D eigenvalue weighted by Gasteiger charge is -2.37. The van der Waals surface area contributed by atoms with Crippen LogP contribution in [0, 0.1) is 23.7 Å². The average molecular weight is 429 g/mol. The largest absolute Gasteiger partial charge is 0.492 e. The summed E-state index contributed by atoms with van der Waals surface area (Å²) < 4.78 is 13.1. The molecule has 2 aliphatic heterocycles. The topological polar surface area (TPSA) is 93.3 Å². The fourth-order valence-electron chi connectivity index (χ4n) is 3.95. The molecule has 1 fully saturated rings. The molecule has 1 aromatic carbocycles. The van der Waals surface area contributed by atoms with Crippen LogP contribution in [0.2, 0.25) is 0 Å². The second-order valence-corrected chi connectivity index (χ2v) is 8.78. The molecule has 0 aliphatic carbocycles. The number of nitrogens with zero attached hydrogens (tertiary/aromatic N) is 5. The smallest absolute Gasteiger partial charge is 0.258 e. The number of aryl methyl sites for hydroxylation is 1. The Labute approximate surface area is 186 Å². The van der Waals surface area contributed by atoms with Crippen LogP contribution in [-0.4, -0.2) is 45.4 Å². The second kappa shape index (κ2) is 7.77. The Balaban J connectivity index is 1.35. The number of hydrogen-bond acceptors (Lipinski definition) is 6. The summed E-state index contributed by atoms with van der Waals surface area (Å²) in [5.74, 6) is 0.320. The Hall–Kier alpha value is -3.70. The third-order valence-corrected chi connectivity index (χ3v) is 5.83. The van der Waals surface area contributed by atoms with Crippen LogP contribution in [-0.2, 0) is 17.8 Å². The molecule has 0 bridgehead atoms. The van der Waals surface area contributed by atoms with Crippen molar-refractivity contribution in [1.82, 2.24) is 19.7 Å². The Bertz CT molecular complexity index is 1220. The molecule has 0 spiro atoms. The molecule has 2 aliphatic rings. The third-order valence-electron chi connectivity index (χ3n) is 5.83. The summed E-state index contributed by atoms with van der Waals surface area (Å²) in [4.78, 5) is 19.3. The second-order valence-electron chi connectivity index (χ2n) is 8.78. The van der Waals surface area contributed by atoms with Crippen molar-refractivity contribution in [1.29, 1.82) is 5.26 Å². The summed E-state index contributed by atoms with van der Waals surface area (Å²) in [5, 5.41) is 14.0. The standard InChI is InChI=1S/C24H23N5O3/c1-16-7-19(5-6-26-16)29-11-18-10-28(12-21(18)27-29)23(30)20-8-17(9-25)3-4-22(20)32-15-24(2)13-31-14-24/h3-8,11H,10,12-15H2,1-2H3. The summed E-state index contributed by atoms with van der Waals surface area (Å²) in [6.07, 6.45) is 3.71. The zero-order valence-corrected chi connectivity index (χ0v) is 18.0. The van der Waals surface area contributed by atoms with Gasteiger partial charge in [-0.25, -0.2) is 4.68 Å². The predicted molar refractivity (Wildman–Crippen MR) is 115 cm³/mol. The van der Waals surface area contributed by atoms with E-state index in [-0.39, 0.29) is 11.3 Å². The van der Waals surface area contributed by atoms with Gasteiger partial charge in [-0.1, -0.05) is 6.92 Å². The number of carbonyl (C=O) groups is 1. The van der Waals surface area contributed by atoms with Gasteiger partial charge in [-0.2, -0.15) is 10.4 Å². The summed E-state index contributed by atoms with van der Waals surface area (Å²) in [6, 6.07) is 11.0. The van der Waals surface area contributed by atoms with Gasteiger partial charge in [0.1, 0.15) is 5.75 Å².